The summed E-state index contributed by atoms with van der Waals surface area (Å²) in [5.41, 5.74) is 7.48. The van der Waals surface area contributed by atoms with Crippen molar-refractivity contribution in [1.82, 2.24) is 14.5 Å². The lowest BCUT2D eigenvalue weighted by molar-refractivity contribution is -0.275. The molecule has 3 N–H and O–H groups in total. The maximum atomic E-state index is 13.7. The van der Waals surface area contributed by atoms with Crippen molar-refractivity contribution in [2.45, 2.75) is 30.2 Å². The number of amides is 1. The minimum absolute atomic E-state index is 0.00342. The predicted molar refractivity (Wildman–Crippen MR) is 159 cm³/mol. The van der Waals surface area contributed by atoms with Gasteiger partial charge in [0.05, 0.1) is 21.8 Å². The Balaban J connectivity index is 1.57. The van der Waals surface area contributed by atoms with E-state index in [4.69, 9.17) is 17.3 Å². The molecule has 0 unspecified atom stereocenters. The number of nitrogens with two attached hydrogens (primary N) is 1. The first-order valence-corrected chi connectivity index (χ1v) is 15.3. The van der Waals surface area contributed by atoms with Gasteiger partial charge in [0.1, 0.15) is 23.4 Å². The minimum atomic E-state index is -4.99. The normalized spacial score (nSPS) is 19.0. The topological polar surface area (TPSA) is 127 Å². The zero-order valence-corrected chi connectivity index (χ0v) is 25.6. The molecule has 252 valence electrons. The fraction of sp³-hybridized carbons (Fsp3) is 0.241. The molecule has 1 aliphatic carbocycles. The molecule has 0 bridgehead atoms. The Labute approximate surface area is 270 Å². The van der Waals surface area contributed by atoms with Crippen LogP contribution in [0.5, 0.6) is 11.5 Å². The molecule has 0 saturated carbocycles. The van der Waals surface area contributed by atoms with Crippen molar-refractivity contribution in [3.05, 3.63) is 102 Å². The first kappa shape index (κ1) is 35.4. The number of halogens is 7. The number of ether oxygens (including phenoxy) is 2. The fourth-order valence-corrected chi connectivity index (χ4v) is 6.30. The third-order valence-corrected chi connectivity index (χ3v) is 8.91. The molecule has 2 aliphatic rings. The van der Waals surface area contributed by atoms with Crippen molar-refractivity contribution in [1.29, 1.82) is 0 Å². The third kappa shape index (κ3) is 9.52. The molecule has 0 aromatic heterocycles. The molecule has 18 heteroatoms. The summed E-state index contributed by atoms with van der Waals surface area (Å²) in [4.78, 5) is 18.9. The van der Waals surface area contributed by atoms with Crippen LogP contribution < -0.4 is 20.5 Å². The van der Waals surface area contributed by atoms with Crippen molar-refractivity contribution < 1.29 is 49.0 Å². The second kappa shape index (κ2) is 14.1. The van der Waals surface area contributed by atoms with Gasteiger partial charge in [-0.05, 0) is 53.6 Å². The molecule has 1 atom stereocenters. The van der Waals surface area contributed by atoms with Gasteiger partial charge in [0.15, 0.2) is 0 Å². The first-order chi connectivity index (χ1) is 21.9. The molecule has 1 saturated heterocycles. The van der Waals surface area contributed by atoms with E-state index in [-0.39, 0.29) is 32.0 Å². The fourth-order valence-electron chi connectivity index (χ4n) is 4.48. The first-order valence-electron chi connectivity index (χ1n) is 13.4. The van der Waals surface area contributed by atoms with E-state index in [1.165, 1.54) is 23.2 Å². The maximum absolute atomic E-state index is 13.7. The van der Waals surface area contributed by atoms with Gasteiger partial charge in [0, 0.05) is 26.2 Å². The molecule has 10 nitrogen and oxygen atoms in total. The molecule has 47 heavy (non-hydrogen) atoms. The van der Waals surface area contributed by atoms with Crippen LogP contribution in [0, 0.1) is 0 Å². The van der Waals surface area contributed by atoms with Crippen molar-refractivity contribution >= 4 is 33.2 Å². The van der Waals surface area contributed by atoms with Crippen LogP contribution in [0.15, 0.2) is 106 Å². The van der Waals surface area contributed by atoms with Crippen LogP contribution >= 0.6 is 11.6 Å². The number of nitrogens with zero attached hydrogens (tertiary/aromatic N) is 3. The van der Waals surface area contributed by atoms with E-state index in [0.717, 1.165) is 40.7 Å². The van der Waals surface area contributed by atoms with E-state index in [1.807, 2.05) is 0 Å². The highest BCUT2D eigenvalue weighted by molar-refractivity contribution is 7.89. The molecule has 2 aromatic rings. The quantitative estimate of drug-likeness (QED) is 0.355. The molecule has 1 aliphatic heterocycles. The largest absolute Gasteiger partial charge is 0.573 e. The smallest absolute Gasteiger partial charge is 0.406 e. The standard InChI is InChI=1S/C29H26ClF6N5O5S/c1-18-3-2-4-23(30)26(18)38-16-25(37)40-13-14-41(47(43,44)22-11-9-21(10-12-22)46-29(34,35)36)24(17-40)27(42)39-15-19-5-7-20(8-6-19)45-28(31,32)33/h2-12,16,24H,1,13-15,17,37H2,(H,39,42)/b25-16+,38-26+/t24-/m1/s1. The second-order valence-electron chi connectivity index (χ2n) is 9.94. The number of allylic oxidation sites excluding steroid dienone is 5. The van der Waals surface area contributed by atoms with E-state index in [2.05, 4.69) is 26.4 Å². The average Bonchev–Trinajstić information content (AvgIpc) is 2.98. The summed E-state index contributed by atoms with van der Waals surface area (Å²) in [6.07, 6.45) is -3.65. The van der Waals surface area contributed by atoms with Crippen LogP contribution in [0.1, 0.15) is 5.56 Å². The Morgan fingerprint density at radius 2 is 1.60 bits per heavy atom. The summed E-state index contributed by atoms with van der Waals surface area (Å²) >= 11 is 6.19. The van der Waals surface area contributed by atoms with Gasteiger partial charge in [-0.2, -0.15) is 4.31 Å². The van der Waals surface area contributed by atoms with E-state index in [1.54, 1.807) is 18.2 Å². The zero-order valence-electron chi connectivity index (χ0n) is 24.1. The summed E-state index contributed by atoms with van der Waals surface area (Å²) in [6.45, 7) is 3.11. The summed E-state index contributed by atoms with van der Waals surface area (Å²) in [7, 11) is -4.46. The molecular weight excluding hydrogens is 680 g/mol. The van der Waals surface area contributed by atoms with Crippen molar-refractivity contribution in [2.75, 3.05) is 19.6 Å². The zero-order chi connectivity index (χ0) is 34.6. The minimum Gasteiger partial charge on any atom is -0.406 e. The number of hydrogen-bond donors (Lipinski definition) is 2. The van der Waals surface area contributed by atoms with Gasteiger partial charge in [-0.15, -0.1) is 26.3 Å². The van der Waals surface area contributed by atoms with Gasteiger partial charge in [-0.3, -0.25) is 9.79 Å². The van der Waals surface area contributed by atoms with Gasteiger partial charge < -0.3 is 25.4 Å². The van der Waals surface area contributed by atoms with Gasteiger partial charge in [-0.25, -0.2) is 8.42 Å². The van der Waals surface area contributed by atoms with Crippen molar-refractivity contribution in [3.8, 4) is 11.5 Å². The van der Waals surface area contributed by atoms with E-state index in [9.17, 15) is 39.6 Å². The summed E-state index contributed by atoms with van der Waals surface area (Å²) in [5, 5.41) is 2.87. The number of aliphatic imine (C=N–C) groups is 1. The van der Waals surface area contributed by atoms with Gasteiger partial charge in [0.2, 0.25) is 15.9 Å². The van der Waals surface area contributed by atoms with E-state index < -0.39 is 51.1 Å². The summed E-state index contributed by atoms with van der Waals surface area (Å²) in [5.74, 6) is -1.85. The number of nitrogens with one attached hydrogen (secondary N) is 1. The summed E-state index contributed by atoms with van der Waals surface area (Å²) in [6, 6.07) is 6.71. The molecule has 1 amide bonds. The highest BCUT2D eigenvalue weighted by Crippen LogP contribution is 2.28. The number of hydrogen-bond acceptors (Lipinski definition) is 8. The number of alkyl halides is 6. The highest BCUT2D eigenvalue weighted by atomic mass is 35.5. The molecular formula is C29H26ClF6N5O5S. The van der Waals surface area contributed by atoms with Crippen LogP contribution in [0.3, 0.4) is 0 Å². The second-order valence-corrected chi connectivity index (χ2v) is 12.2. The molecule has 1 fully saturated rings. The summed E-state index contributed by atoms with van der Waals surface area (Å²) < 4.78 is 111. The van der Waals surface area contributed by atoms with Crippen LogP contribution in [0.2, 0.25) is 0 Å². The maximum Gasteiger partial charge on any atom is 0.573 e. The Kier molecular flexibility index (Phi) is 10.6. The molecule has 2 aromatic carbocycles. The number of rotatable bonds is 9. The predicted octanol–water partition coefficient (Wildman–Crippen LogP) is 4.92. The van der Waals surface area contributed by atoms with Gasteiger partial charge >= 0.3 is 12.7 Å². The highest BCUT2D eigenvalue weighted by Gasteiger charge is 2.41. The molecule has 0 radical (unpaired) electrons. The lowest BCUT2D eigenvalue weighted by Gasteiger charge is -2.40. The number of piperazine rings is 1. The Hall–Kier alpha value is -4.48. The van der Waals surface area contributed by atoms with Crippen LogP contribution in [-0.2, 0) is 21.4 Å². The van der Waals surface area contributed by atoms with Gasteiger partial charge in [0.25, 0.3) is 0 Å². The Morgan fingerprint density at radius 3 is 2.15 bits per heavy atom. The SMILES string of the molecule is C=C1C=CC=C(Cl)/C1=N/C=C(\N)N1CCN(S(=O)(=O)c2ccc(OC(F)(F)F)cc2)[C@@H](C(=O)NCc2ccc(OC(F)(F)F)cc2)C1. The van der Waals surface area contributed by atoms with E-state index >= 15 is 0 Å². The van der Waals surface area contributed by atoms with Crippen LogP contribution in [0.4, 0.5) is 26.3 Å². The lowest BCUT2D eigenvalue weighted by Crippen LogP contribution is -2.60. The Morgan fingerprint density at radius 1 is 1.02 bits per heavy atom. The van der Waals surface area contributed by atoms with Crippen molar-refractivity contribution in [3.63, 3.8) is 0 Å². The molecule has 0 spiro atoms. The molecule has 1 heterocycles. The number of carbonyl (C=O) groups excluding carboxylic acids is 1. The lowest BCUT2D eigenvalue weighted by atomic mass is 10.1. The van der Waals surface area contributed by atoms with E-state index in [0.29, 0.717) is 21.9 Å². The van der Waals surface area contributed by atoms with Crippen LogP contribution in [0.25, 0.3) is 0 Å². The number of carbonyl (C=O) groups is 1. The third-order valence-electron chi connectivity index (χ3n) is 6.68. The van der Waals surface area contributed by atoms with Crippen LogP contribution in [-0.4, -0.2) is 67.6 Å². The van der Waals surface area contributed by atoms with Gasteiger partial charge in [-0.1, -0.05) is 42.5 Å². The average molecular weight is 706 g/mol. The molecule has 4 rings (SSSR count). The number of benzene rings is 2. The monoisotopic (exact) mass is 705 g/mol. The number of sulfonamides is 1. The van der Waals surface area contributed by atoms with Crippen molar-refractivity contribution in [2.24, 2.45) is 10.7 Å². The Bertz CT molecular complexity index is 1720.